The molecule has 0 aliphatic heterocycles. The molecule has 39 heavy (non-hydrogen) atoms. The van der Waals surface area contributed by atoms with Gasteiger partial charge in [-0.15, -0.1) is 11.3 Å². The van der Waals surface area contributed by atoms with E-state index in [-0.39, 0.29) is 5.91 Å². The molecule has 0 fully saturated rings. The maximum Gasteiger partial charge on any atom is 0.254 e. The van der Waals surface area contributed by atoms with Gasteiger partial charge in [-0.25, -0.2) is 18.2 Å². The minimum Gasteiger partial charge on any atom is -0.496 e. The molecule has 1 N–H and O–H groups in total. The summed E-state index contributed by atoms with van der Waals surface area (Å²) in [4.78, 5) is 30.5. The van der Waals surface area contributed by atoms with Gasteiger partial charge in [-0.1, -0.05) is 37.3 Å². The molecule has 11 heteroatoms. The van der Waals surface area contributed by atoms with Gasteiger partial charge in [0.1, 0.15) is 22.2 Å². The number of carbonyl (C=O) groups is 2. The van der Waals surface area contributed by atoms with Gasteiger partial charge >= 0.3 is 0 Å². The smallest absolute Gasteiger partial charge is 0.254 e. The number of aryl methyl sites for hydroxylation is 1. The van der Waals surface area contributed by atoms with E-state index < -0.39 is 11.2 Å². The summed E-state index contributed by atoms with van der Waals surface area (Å²) in [6, 6.07) is 13.7. The Morgan fingerprint density at radius 2 is 1.77 bits per heavy atom. The highest BCUT2D eigenvalue weighted by Gasteiger charge is 2.21. The molecule has 1 unspecified atom stereocenters. The monoisotopic (exact) mass is 574 g/mol. The number of aldehydes is 1. The van der Waals surface area contributed by atoms with Crippen LogP contribution in [0.4, 0.5) is 0 Å². The van der Waals surface area contributed by atoms with E-state index in [0.717, 1.165) is 36.2 Å². The molecule has 0 aliphatic carbocycles. The maximum atomic E-state index is 13.4. The van der Waals surface area contributed by atoms with Crippen molar-refractivity contribution >= 4 is 34.7 Å². The summed E-state index contributed by atoms with van der Waals surface area (Å²) < 4.78 is 25.9. The van der Waals surface area contributed by atoms with Crippen LogP contribution >= 0.6 is 11.3 Å². The molecule has 0 saturated heterocycles. The van der Waals surface area contributed by atoms with E-state index in [2.05, 4.69) is 21.8 Å². The Bertz CT molecular complexity index is 1190. The van der Waals surface area contributed by atoms with Gasteiger partial charge in [-0.3, -0.25) is 9.59 Å². The Labute approximate surface area is 237 Å². The first kappa shape index (κ1) is 32.1. The van der Waals surface area contributed by atoms with Gasteiger partial charge in [-0.05, 0) is 37.5 Å². The first-order valence-electron chi connectivity index (χ1n) is 12.5. The zero-order valence-corrected chi connectivity index (χ0v) is 25.1. The third-order valence-corrected chi connectivity index (χ3v) is 7.69. The summed E-state index contributed by atoms with van der Waals surface area (Å²) >= 11 is 0.389. The van der Waals surface area contributed by atoms with Gasteiger partial charge in [0.15, 0.2) is 17.5 Å². The van der Waals surface area contributed by atoms with Crippen molar-refractivity contribution in [3.05, 3.63) is 75.2 Å². The van der Waals surface area contributed by atoms with Crippen molar-refractivity contribution in [1.29, 1.82) is 0 Å². The lowest BCUT2D eigenvalue weighted by atomic mass is 10.1. The lowest BCUT2D eigenvalue weighted by molar-refractivity contribution is 0.0740. The van der Waals surface area contributed by atoms with Gasteiger partial charge in [0.05, 0.1) is 20.8 Å². The molecule has 9 nitrogen and oxygen atoms in total. The minimum absolute atomic E-state index is 0.132. The van der Waals surface area contributed by atoms with Crippen molar-refractivity contribution in [2.24, 2.45) is 0 Å². The number of rotatable bonds is 13. The molecule has 0 saturated carbocycles. The molecule has 0 spiro atoms. The molecule has 212 valence electrons. The molecule has 0 bridgehead atoms. The third kappa shape index (κ3) is 10.2. The van der Waals surface area contributed by atoms with E-state index in [4.69, 9.17) is 9.47 Å². The van der Waals surface area contributed by atoms with Gasteiger partial charge in [-0.2, -0.15) is 0 Å². The van der Waals surface area contributed by atoms with Crippen LogP contribution in [0.5, 0.6) is 11.5 Å². The summed E-state index contributed by atoms with van der Waals surface area (Å²) in [6.45, 7) is 5.44. The van der Waals surface area contributed by atoms with Crippen LogP contribution in [0.25, 0.3) is 0 Å². The number of ether oxygens (including phenoxy) is 2. The van der Waals surface area contributed by atoms with Crippen molar-refractivity contribution in [1.82, 2.24) is 18.9 Å². The average Bonchev–Trinajstić information content (AvgIpc) is 3.41. The second kappa shape index (κ2) is 16.8. The van der Waals surface area contributed by atoms with Crippen molar-refractivity contribution < 1.29 is 23.3 Å². The van der Waals surface area contributed by atoms with Crippen molar-refractivity contribution in [3.63, 3.8) is 0 Å². The molecule has 3 rings (SSSR count). The number of amides is 1. The van der Waals surface area contributed by atoms with Crippen LogP contribution in [0, 0.1) is 6.92 Å². The number of thiazole rings is 1. The number of hydrogen-bond donors (Lipinski definition) is 1. The predicted molar refractivity (Wildman–Crippen MR) is 157 cm³/mol. The Morgan fingerprint density at radius 1 is 1.13 bits per heavy atom. The third-order valence-electron chi connectivity index (χ3n) is 5.64. The number of aromatic nitrogens is 1. The Kier molecular flexibility index (Phi) is 13.8. The molecule has 1 atom stereocenters. The van der Waals surface area contributed by atoms with E-state index in [1.54, 1.807) is 55.0 Å². The van der Waals surface area contributed by atoms with Crippen LogP contribution < -0.4 is 14.2 Å². The van der Waals surface area contributed by atoms with Crippen LogP contribution in [-0.2, 0) is 24.1 Å². The normalized spacial score (nSPS) is 11.4. The first-order chi connectivity index (χ1) is 18.7. The number of carbonyl (C=O) groups excluding carboxylic acids is 2. The molecule has 1 aromatic heterocycles. The predicted octanol–water partition coefficient (Wildman–Crippen LogP) is 4.29. The fraction of sp³-hybridized carbons (Fsp3) is 0.393. The van der Waals surface area contributed by atoms with Crippen molar-refractivity contribution in [2.75, 3.05) is 41.4 Å². The van der Waals surface area contributed by atoms with E-state index in [9.17, 15) is 13.8 Å². The fourth-order valence-electron chi connectivity index (χ4n) is 3.63. The van der Waals surface area contributed by atoms with E-state index in [0.29, 0.717) is 35.8 Å². The number of methoxy groups -OCH3 is 2. The molecule has 0 aliphatic rings. The van der Waals surface area contributed by atoms with E-state index >= 15 is 0 Å². The highest BCUT2D eigenvalue weighted by Crippen LogP contribution is 2.30. The Morgan fingerprint density at radius 3 is 2.26 bits per heavy atom. The number of nitrogens with one attached hydrogen (secondary N) is 1. The van der Waals surface area contributed by atoms with Gasteiger partial charge in [0.25, 0.3) is 5.91 Å². The molecule has 1 heterocycles. The Balaban J connectivity index is 0.000000580. The quantitative estimate of drug-likeness (QED) is 0.306. The van der Waals surface area contributed by atoms with Gasteiger partial charge in [0, 0.05) is 43.7 Å². The second-order valence-electron chi connectivity index (χ2n) is 8.66. The molecular weight excluding hydrogens is 536 g/mol. The zero-order valence-electron chi connectivity index (χ0n) is 23.4. The molecular formula is C28H38N4O5S2. The minimum atomic E-state index is -0.988. The average molecular weight is 575 g/mol. The fourth-order valence-corrected chi connectivity index (χ4v) is 4.89. The summed E-state index contributed by atoms with van der Waals surface area (Å²) in [7, 11) is 6.67. The van der Waals surface area contributed by atoms with Crippen LogP contribution in [0.2, 0.25) is 0 Å². The van der Waals surface area contributed by atoms with Crippen LogP contribution in [-0.4, -0.2) is 72.0 Å². The SMILES string of the molecule is CCNS(=O)N(C)C.COc1cc(C(=O)N(CCCc2ccccc2)Cc2nc(C=O)cs2)cc(OC)c1C. The molecule has 1 amide bonds. The second-order valence-corrected chi connectivity index (χ2v) is 11.1. The molecule has 3 aromatic rings. The highest BCUT2D eigenvalue weighted by molar-refractivity contribution is 7.80. The topological polar surface area (TPSA) is 101 Å². The molecule has 2 aromatic carbocycles. The van der Waals surface area contributed by atoms with Crippen LogP contribution in [0.1, 0.15) is 50.3 Å². The summed E-state index contributed by atoms with van der Waals surface area (Å²) in [5.41, 5.74) is 2.94. The van der Waals surface area contributed by atoms with Crippen LogP contribution in [0.15, 0.2) is 47.8 Å². The van der Waals surface area contributed by atoms with Gasteiger partial charge in [0.2, 0.25) is 0 Å². The van der Waals surface area contributed by atoms with Crippen molar-refractivity contribution in [3.8, 4) is 11.5 Å². The molecule has 0 radical (unpaired) electrons. The number of benzene rings is 2. The summed E-state index contributed by atoms with van der Waals surface area (Å²) in [5.74, 6) is 1.07. The highest BCUT2D eigenvalue weighted by atomic mass is 32.2. The van der Waals surface area contributed by atoms with Gasteiger partial charge < -0.3 is 14.4 Å². The Hall–Kier alpha value is -3.12. The lowest BCUT2D eigenvalue weighted by Crippen LogP contribution is -2.32. The van der Waals surface area contributed by atoms with Crippen LogP contribution in [0.3, 0.4) is 0 Å². The number of hydrogen-bond acceptors (Lipinski definition) is 7. The van der Waals surface area contributed by atoms with E-state index in [1.165, 1.54) is 16.9 Å². The zero-order chi connectivity index (χ0) is 28.8. The largest absolute Gasteiger partial charge is 0.496 e. The maximum absolute atomic E-state index is 13.4. The summed E-state index contributed by atoms with van der Waals surface area (Å²) in [6.07, 6.45) is 2.39. The number of nitrogens with zero attached hydrogens (tertiary/aromatic N) is 3. The first-order valence-corrected chi connectivity index (χ1v) is 14.5. The summed E-state index contributed by atoms with van der Waals surface area (Å²) in [5, 5.41) is 2.42. The van der Waals surface area contributed by atoms with Crippen molar-refractivity contribution in [2.45, 2.75) is 33.2 Å². The standard InChI is InChI=1S/C24H26N2O4S.C4H12N2OS/c1-17-21(29-2)12-19(13-22(17)30-3)24(28)26(14-23-25-20(15-27)16-31-23)11-7-10-18-8-5-4-6-9-18;1-4-5-8(7)6(2)3/h4-6,8-9,12-13,15-16H,7,10-11,14H2,1-3H3;5H,4H2,1-3H3. The van der Waals surface area contributed by atoms with E-state index in [1.807, 2.05) is 32.0 Å². The lowest BCUT2D eigenvalue weighted by Gasteiger charge is -2.23.